The van der Waals surface area contributed by atoms with Crippen LogP contribution in [0.1, 0.15) is 25.0 Å². The fourth-order valence-electron chi connectivity index (χ4n) is 4.24. The Kier molecular flexibility index (Phi) is 8.69. The van der Waals surface area contributed by atoms with Crippen molar-refractivity contribution in [1.29, 1.82) is 5.26 Å². The van der Waals surface area contributed by atoms with Crippen molar-refractivity contribution in [3.05, 3.63) is 129 Å². The van der Waals surface area contributed by atoms with Crippen LogP contribution in [0.2, 0.25) is 0 Å². The molecule has 0 radical (unpaired) electrons. The molecule has 0 fully saturated rings. The molecule has 0 saturated carbocycles. The highest BCUT2D eigenvalue weighted by Gasteiger charge is 2.13. The van der Waals surface area contributed by atoms with Crippen molar-refractivity contribution in [2.45, 2.75) is 13.8 Å². The maximum atomic E-state index is 12.7. The van der Waals surface area contributed by atoms with Crippen LogP contribution in [0.15, 0.2) is 105 Å². The second-order valence-electron chi connectivity index (χ2n) is 9.26. The molecule has 40 heavy (non-hydrogen) atoms. The molecule has 7 nitrogen and oxygen atoms in total. The lowest BCUT2D eigenvalue weighted by molar-refractivity contribution is 0.332. The predicted molar refractivity (Wildman–Crippen MR) is 161 cm³/mol. The molecule has 0 aliphatic carbocycles. The van der Waals surface area contributed by atoms with Crippen LogP contribution < -0.4 is 15.4 Å². The van der Waals surface area contributed by atoms with E-state index in [1.54, 1.807) is 36.4 Å². The largest absolute Gasteiger partial charge is 0.457 e. The minimum atomic E-state index is -0.477. The fraction of sp³-hybridized carbons (Fsp3) is 0.182. The van der Waals surface area contributed by atoms with Crippen LogP contribution in [0.3, 0.4) is 0 Å². The van der Waals surface area contributed by atoms with Gasteiger partial charge in [0.25, 0.3) is 5.70 Å². The Morgan fingerprint density at radius 1 is 0.950 bits per heavy atom. The van der Waals surface area contributed by atoms with E-state index in [9.17, 15) is 10.1 Å². The van der Waals surface area contributed by atoms with E-state index in [-0.39, 0.29) is 5.70 Å². The minimum Gasteiger partial charge on any atom is -0.457 e. The maximum Gasteiger partial charge on any atom is 0.343 e. The highest BCUT2D eigenvalue weighted by molar-refractivity contribution is 5.82. The molecule has 4 rings (SSSR count). The number of allylic oxidation sites excluding steroid dienone is 6. The van der Waals surface area contributed by atoms with Crippen LogP contribution in [0, 0.1) is 17.9 Å². The first-order valence-corrected chi connectivity index (χ1v) is 12.9. The standard InChI is InChI=1S/C33H30N4O3/c1-6-37(7-2)27-13-8-23(9-14-27)10-16-29-19-26(31(22-34)35-3)20-30(39-29)17-12-25-18-24-11-15-28(36(4)5)21-32(24)40-33(25)38/h8-21H,6-7H2,1-2,4-5H3/b16-10+,17-12+,31-26+. The van der Waals surface area contributed by atoms with Crippen LogP contribution in [-0.2, 0) is 4.74 Å². The van der Waals surface area contributed by atoms with E-state index in [0.29, 0.717) is 28.2 Å². The summed E-state index contributed by atoms with van der Waals surface area (Å²) >= 11 is 0. The van der Waals surface area contributed by atoms with Crippen LogP contribution >= 0.6 is 0 Å². The second-order valence-corrected chi connectivity index (χ2v) is 9.26. The Morgan fingerprint density at radius 3 is 2.20 bits per heavy atom. The van der Waals surface area contributed by atoms with E-state index in [0.717, 1.165) is 35.4 Å². The molecule has 0 bridgehead atoms. The lowest BCUT2D eigenvalue weighted by atomic mass is 10.1. The molecule has 3 aromatic rings. The highest BCUT2D eigenvalue weighted by Crippen LogP contribution is 2.26. The monoisotopic (exact) mass is 530 g/mol. The van der Waals surface area contributed by atoms with Crippen molar-refractivity contribution in [2.24, 2.45) is 0 Å². The number of rotatable bonds is 8. The van der Waals surface area contributed by atoms with E-state index in [1.807, 2.05) is 61.5 Å². The molecule has 2 aromatic carbocycles. The molecule has 200 valence electrons. The summed E-state index contributed by atoms with van der Waals surface area (Å²) in [6, 6.07) is 17.6. The molecule has 0 saturated heterocycles. The molecule has 1 aliphatic rings. The second kappa shape index (κ2) is 12.5. The van der Waals surface area contributed by atoms with Crippen LogP contribution in [0.5, 0.6) is 0 Å². The van der Waals surface area contributed by atoms with Gasteiger partial charge in [0.2, 0.25) is 0 Å². The Balaban J connectivity index is 1.61. The molecule has 1 aliphatic heterocycles. The first-order chi connectivity index (χ1) is 19.3. The topological polar surface area (TPSA) is 74.1 Å². The summed E-state index contributed by atoms with van der Waals surface area (Å²) in [5, 5.41) is 10.2. The number of hydrogen-bond donors (Lipinski definition) is 0. The Bertz CT molecular complexity index is 1690. The van der Waals surface area contributed by atoms with Gasteiger partial charge in [-0.15, -0.1) is 0 Å². The summed E-state index contributed by atoms with van der Waals surface area (Å²) < 4.78 is 11.6. The average Bonchev–Trinajstić information content (AvgIpc) is 2.96. The van der Waals surface area contributed by atoms with E-state index < -0.39 is 5.63 Å². The van der Waals surface area contributed by atoms with Gasteiger partial charge in [-0.05, 0) is 85.7 Å². The summed E-state index contributed by atoms with van der Waals surface area (Å²) in [5.74, 6) is 0.844. The van der Waals surface area contributed by atoms with Gasteiger partial charge in [0.15, 0.2) is 0 Å². The molecule has 0 spiro atoms. The fourth-order valence-corrected chi connectivity index (χ4v) is 4.24. The Labute approximate surface area is 234 Å². The van der Waals surface area contributed by atoms with E-state index >= 15 is 0 Å². The van der Waals surface area contributed by atoms with E-state index in [2.05, 4.69) is 35.7 Å². The van der Waals surface area contributed by atoms with Gasteiger partial charge in [0.05, 0.1) is 18.2 Å². The molecular formula is C33H30N4O3. The van der Waals surface area contributed by atoms with Crippen LogP contribution in [0.25, 0.3) is 28.0 Å². The summed E-state index contributed by atoms with van der Waals surface area (Å²) in [6.07, 6.45) is 10.2. The number of benzene rings is 2. The smallest absolute Gasteiger partial charge is 0.343 e. The summed E-state index contributed by atoms with van der Waals surface area (Å²) in [5.41, 5.74) is 3.83. The quantitative estimate of drug-likeness (QED) is 0.179. The molecule has 1 aromatic heterocycles. The van der Waals surface area contributed by atoms with Crippen molar-refractivity contribution in [2.75, 3.05) is 37.0 Å². The van der Waals surface area contributed by atoms with Gasteiger partial charge in [-0.1, -0.05) is 18.2 Å². The number of nitriles is 1. The third kappa shape index (κ3) is 6.40. The third-order valence-electron chi connectivity index (χ3n) is 6.47. The first-order valence-electron chi connectivity index (χ1n) is 12.9. The highest BCUT2D eigenvalue weighted by atomic mass is 16.5. The zero-order chi connectivity index (χ0) is 28.6. The minimum absolute atomic E-state index is 0.0504. The normalized spacial score (nSPS) is 14.3. The van der Waals surface area contributed by atoms with Crippen molar-refractivity contribution < 1.29 is 9.15 Å². The third-order valence-corrected chi connectivity index (χ3v) is 6.47. The average molecular weight is 531 g/mol. The SMILES string of the molecule is [C-]#[N+]/C(C#N)=C1C=C(/C=C/c2ccc(N(CC)CC)cc2)OC(/C=C/c2cc3ccc(N(C)C)cc3oc2=O)=C\1. The van der Waals surface area contributed by atoms with Crippen molar-refractivity contribution in [3.63, 3.8) is 0 Å². The van der Waals surface area contributed by atoms with Crippen molar-refractivity contribution >= 4 is 34.5 Å². The van der Waals surface area contributed by atoms with Gasteiger partial charge in [-0.25, -0.2) is 14.9 Å². The number of nitrogens with zero attached hydrogens (tertiary/aromatic N) is 4. The van der Waals surface area contributed by atoms with Gasteiger partial charge in [0.1, 0.15) is 17.1 Å². The van der Waals surface area contributed by atoms with Gasteiger partial charge in [-0.2, -0.15) is 0 Å². The van der Waals surface area contributed by atoms with Gasteiger partial charge in [-0.3, -0.25) is 0 Å². The summed E-state index contributed by atoms with van der Waals surface area (Å²) in [6.45, 7) is 13.5. The number of anilines is 2. The zero-order valence-corrected chi connectivity index (χ0v) is 23.0. The Morgan fingerprint density at radius 2 is 1.60 bits per heavy atom. The molecule has 0 unspecified atom stereocenters. The Hall–Kier alpha value is -5.27. The maximum absolute atomic E-state index is 12.7. The van der Waals surface area contributed by atoms with E-state index in [1.165, 1.54) is 0 Å². The predicted octanol–water partition coefficient (Wildman–Crippen LogP) is 6.93. The number of hydrogen-bond acceptors (Lipinski definition) is 6. The molecular weight excluding hydrogens is 500 g/mol. The van der Waals surface area contributed by atoms with Crippen molar-refractivity contribution in [1.82, 2.24) is 0 Å². The summed E-state index contributed by atoms with van der Waals surface area (Å²) in [4.78, 5) is 20.2. The molecule has 2 heterocycles. The van der Waals surface area contributed by atoms with Gasteiger partial charge < -0.3 is 19.0 Å². The number of ether oxygens (including phenoxy) is 1. The van der Waals surface area contributed by atoms with Gasteiger partial charge in [0, 0.05) is 50.0 Å². The van der Waals surface area contributed by atoms with E-state index in [4.69, 9.17) is 15.7 Å². The summed E-state index contributed by atoms with van der Waals surface area (Å²) in [7, 11) is 3.84. The molecule has 0 N–H and O–H groups in total. The van der Waals surface area contributed by atoms with Crippen molar-refractivity contribution in [3.8, 4) is 6.07 Å². The lowest BCUT2D eigenvalue weighted by Gasteiger charge is -2.20. The number of fused-ring (bicyclic) bond motifs is 1. The zero-order valence-electron chi connectivity index (χ0n) is 23.0. The van der Waals surface area contributed by atoms with Crippen LogP contribution in [-0.4, -0.2) is 27.2 Å². The van der Waals surface area contributed by atoms with Crippen LogP contribution in [0.4, 0.5) is 11.4 Å². The molecule has 0 amide bonds. The first kappa shape index (κ1) is 27.8. The lowest BCUT2D eigenvalue weighted by Crippen LogP contribution is -2.21. The van der Waals surface area contributed by atoms with Gasteiger partial charge >= 0.3 is 5.63 Å². The molecule has 0 atom stereocenters. The molecule has 7 heteroatoms.